The summed E-state index contributed by atoms with van der Waals surface area (Å²) in [6, 6.07) is 0. The second-order valence-electron chi connectivity index (χ2n) is 25.0. The number of aliphatic hydroxyl groups excluding tert-OH is 2. The molecule has 0 aliphatic rings. The van der Waals surface area contributed by atoms with Crippen molar-refractivity contribution in [1.29, 1.82) is 0 Å². The lowest BCUT2D eigenvalue weighted by atomic mass is 10.0. The predicted octanol–water partition coefficient (Wildman–Crippen LogP) is 22.4. The number of carbonyl (C=O) groups excluding carboxylic acids is 3. The van der Waals surface area contributed by atoms with Gasteiger partial charge in [-0.2, -0.15) is 0 Å². The molecular weight excluding hydrogens is 1310 g/mol. The van der Waals surface area contributed by atoms with Gasteiger partial charge < -0.3 is 34.2 Å². The summed E-state index contributed by atoms with van der Waals surface area (Å²) in [6.45, 7) is 2.23. The van der Waals surface area contributed by atoms with Crippen molar-refractivity contribution in [2.45, 2.75) is 296 Å². The van der Waals surface area contributed by atoms with Crippen LogP contribution in [0.5, 0.6) is 0 Å². The van der Waals surface area contributed by atoms with Crippen molar-refractivity contribution in [2.75, 3.05) is 39.6 Å². The average molecular weight is 1450 g/mol. The molecule has 0 aliphatic carbocycles. The number of hydrogen-bond donors (Lipinski definition) is 4. The predicted molar refractivity (Wildman–Crippen MR) is 417 cm³/mol. The van der Waals surface area contributed by atoms with Crippen LogP contribution in [0.25, 0.3) is 0 Å². The van der Waals surface area contributed by atoms with Gasteiger partial charge in [-0.15, -0.1) is 0 Å². The van der Waals surface area contributed by atoms with Crippen molar-refractivity contribution in [3.05, 3.63) is 170 Å². The minimum absolute atomic E-state index is 0.0374. The number of unbranched alkanes of at least 4 members (excludes halogenated alkanes) is 20. The van der Waals surface area contributed by atoms with E-state index in [1.54, 1.807) is 0 Å². The van der Waals surface area contributed by atoms with E-state index in [1.807, 2.05) is 18.2 Å². The lowest BCUT2D eigenvalue weighted by Crippen LogP contribution is -2.30. The highest BCUT2D eigenvalue weighted by Gasteiger charge is 2.29. The first-order chi connectivity index (χ1) is 49.2. The molecule has 0 fully saturated rings. The smallest absolute Gasteiger partial charge is 0.463 e. The molecule has 0 aromatic heterocycles. The quantitative estimate of drug-likeness (QED) is 0.0146. The molecule has 574 valence electrons. The van der Waals surface area contributed by atoms with Gasteiger partial charge in [-0.05, 0) is 135 Å². The van der Waals surface area contributed by atoms with Crippen LogP contribution in [0.2, 0.25) is 0 Å². The highest BCUT2D eigenvalue weighted by molar-refractivity contribution is 7.47. The van der Waals surface area contributed by atoms with Gasteiger partial charge in [0.2, 0.25) is 0 Å². The molecule has 0 saturated carbocycles. The SMILES string of the molecule is CC/C=C\C/C=C\C/C=C\C/C=C\C/C=C\C/C=C\CCC(=O)OCC(COP(=O)(O)OCC(O)COP(=O)(O)OCC(O)COC(=O)CCCCCCCCCCCCCCC/C=C\C/C=C\C/C=C\C/C=C\C/C=C\CC)OC(=O)CCCCCCCCC/C=C\C/C=C\C/C=C\CC. The third kappa shape index (κ3) is 75.9. The molecule has 0 bridgehead atoms. The van der Waals surface area contributed by atoms with Crippen molar-refractivity contribution in [2.24, 2.45) is 0 Å². The van der Waals surface area contributed by atoms with E-state index in [0.29, 0.717) is 25.7 Å². The number of phosphoric ester groups is 2. The van der Waals surface area contributed by atoms with E-state index in [-0.39, 0.29) is 19.3 Å². The van der Waals surface area contributed by atoms with Gasteiger partial charge in [0.25, 0.3) is 0 Å². The molecule has 16 nitrogen and oxygen atoms in total. The van der Waals surface area contributed by atoms with Gasteiger partial charge in [0.15, 0.2) is 6.10 Å². The molecule has 0 amide bonds. The van der Waals surface area contributed by atoms with Gasteiger partial charge in [0, 0.05) is 19.3 Å². The highest BCUT2D eigenvalue weighted by atomic mass is 31.2. The molecule has 0 rings (SSSR count). The Labute approximate surface area is 612 Å². The second kappa shape index (κ2) is 74.6. The molecule has 0 saturated heterocycles. The first-order valence-electron chi connectivity index (χ1n) is 38.4. The average Bonchev–Trinajstić information content (AvgIpc) is 1.07. The van der Waals surface area contributed by atoms with E-state index in [4.69, 9.17) is 32.3 Å². The molecule has 5 unspecified atom stereocenters. The Kier molecular flexibility index (Phi) is 70.9. The van der Waals surface area contributed by atoms with Gasteiger partial charge in [-0.1, -0.05) is 294 Å². The fraction of sp³-hybridized carbons (Fsp3) is 0.627. The number of aliphatic hydroxyl groups is 2. The van der Waals surface area contributed by atoms with Crippen LogP contribution in [0.1, 0.15) is 278 Å². The van der Waals surface area contributed by atoms with E-state index in [0.717, 1.165) is 154 Å². The molecule has 4 N–H and O–H groups in total. The molecule has 18 heteroatoms. The van der Waals surface area contributed by atoms with Crippen LogP contribution in [0.15, 0.2) is 170 Å². The number of hydrogen-bond acceptors (Lipinski definition) is 14. The van der Waals surface area contributed by atoms with Gasteiger partial charge >= 0.3 is 33.6 Å². The summed E-state index contributed by atoms with van der Waals surface area (Å²) in [7, 11) is -9.82. The van der Waals surface area contributed by atoms with Crippen LogP contribution in [-0.2, 0) is 55.8 Å². The third-order valence-corrected chi connectivity index (χ3v) is 17.3. The largest absolute Gasteiger partial charge is 0.472 e. The molecule has 5 atom stereocenters. The molecule has 101 heavy (non-hydrogen) atoms. The maximum atomic E-state index is 13.0. The van der Waals surface area contributed by atoms with Gasteiger partial charge in [-0.25, -0.2) is 9.13 Å². The Morgan fingerprint density at radius 2 is 0.515 bits per heavy atom. The zero-order valence-electron chi connectivity index (χ0n) is 62.5. The first-order valence-corrected chi connectivity index (χ1v) is 41.4. The Morgan fingerprint density at radius 1 is 0.277 bits per heavy atom. The number of ether oxygens (including phenoxy) is 3. The van der Waals surface area contributed by atoms with Crippen LogP contribution in [0.3, 0.4) is 0 Å². The summed E-state index contributed by atoms with van der Waals surface area (Å²) in [5.41, 5.74) is 0. The van der Waals surface area contributed by atoms with E-state index in [9.17, 15) is 43.5 Å². The lowest BCUT2D eigenvalue weighted by Gasteiger charge is -2.21. The van der Waals surface area contributed by atoms with Gasteiger partial charge in [0.05, 0.1) is 26.4 Å². The molecule has 0 heterocycles. The van der Waals surface area contributed by atoms with Crippen molar-refractivity contribution in [3.8, 4) is 0 Å². The minimum Gasteiger partial charge on any atom is -0.463 e. The molecule has 0 spiro atoms. The summed E-state index contributed by atoms with van der Waals surface area (Å²) in [5, 5.41) is 20.6. The van der Waals surface area contributed by atoms with Crippen molar-refractivity contribution >= 4 is 33.6 Å². The summed E-state index contributed by atoms with van der Waals surface area (Å²) in [6.07, 6.45) is 94.2. The lowest BCUT2D eigenvalue weighted by molar-refractivity contribution is -0.161. The maximum absolute atomic E-state index is 13.0. The Morgan fingerprint density at radius 3 is 0.842 bits per heavy atom. The number of rotatable bonds is 71. The Bertz CT molecular complexity index is 2520. The van der Waals surface area contributed by atoms with Crippen LogP contribution in [-0.4, -0.2) is 95.9 Å². The molecule has 0 aromatic carbocycles. The highest BCUT2D eigenvalue weighted by Crippen LogP contribution is 2.45. The normalized spacial score (nSPS) is 15.0. The van der Waals surface area contributed by atoms with Crippen LogP contribution >= 0.6 is 15.6 Å². The number of esters is 3. The molecule has 0 radical (unpaired) electrons. The fourth-order valence-electron chi connectivity index (χ4n) is 9.70. The van der Waals surface area contributed by atoms with E-state index < -0.39 is 91.5 Å². The number of allylic oxidation sites excluding steroid dienone is 28. The topological polar surface area (TPSA) is 231 Å². The molecule has 0 aromatic rings. The summed E-state index contributed by atoms with van der Waals surface area (Å²) >= 11 is 0. The summed E-state index contributed by atoms with van der Waals surface area (Å²) in [5.74, 6) is -1.69. The Balaban J connectivity index is 4.61. The van der Waals surface area contributed by atoms with E-state index in [2.05, 4.69) is 173 Å². The first kappa shape index (κ1) is 95.9. The second-order valence-corrected chi connectivity index (χ2v) is 27.9. The number of carbonyl (C=O) groups is 3. The third-order valence-electron chi connectivity index (χ3n) is 15.4. The Hall–Kier alpha value is -5.09. The fourth-order valence-corrected chi connectivity index (χ4v) is 11.3. The summed E-state index contributed by atoms with van der Waals surface area (Å²) in [4.78, 5) is 58.6. The monoisotopic (exact) mass is 1450 g/mol. The van der Waals surface area contributed by atoms with Crippen molar-refractivity contribution < 1.29 is 75.8 Å². The summed E-state index contributed by atoms with van der Waals surface area (Å²) < 4.78 is 61.0. The molecule has 0 aliphatic heterocycles. The van der Waals surface area contributed by atoms with Crippen LogP contribution in [0, 0.1) is 0 Å². The van der Waals surface area contributed by atoms with Crippen molar-refractivity contribution in [1.82, 2.24) is 0 Å². The number of phosphoric acid groups is 2. The van der Waals surface area contributed by atoms with Crippen LogP contribution < -0.4 is 0 Å². The van der Waals surface area contributed by atoms with Crippen molar-refractivity contribution in [3.63, 3.8) is 0 Å². The maximum Gasteiger partial charge on any atom is 0.472 e. The standard InChI is InChI=1S/C83H136O16P2/c1-4-7-10-13-16-19-22-25-28-31-33-34-35-36-37-38-39-40-41-42-44-47-48-51-54-57-60-63-66-69-81(86)93-72-78(84)73-95-100(89,90)96-74-79(85)75-97-101(91,92)98-77-80(99-83(88)71-68-65-62-59-56-53-50-45-30-27-24-21-18-15-12-9-6-3)76-94-82(87)70-67-64-61-58-55-52-49-46-43-32-29-26-23-20-17-14-11-8-5-2/h7-12,16-21,25-30,33-34,36-37,43,46,52,55,61,64,78-80,84-85H,4-6,13-15,22-24,31-32,35,38-42,44-45,47-51,53-54,56-60,62-63,65-77H2,1-3H3,(H,89,90)(H,91,92)/b10-7-,11-8-,12-9-,19-16-,20-17-,21-18-,28-25-,29-26-,30-27-,34-33-,37-36-,46-43-,55-52-,64-61-. The zero-order chi connectivity index (χ0) is 73.7. The zero-order valence-corrected chi connectivity index (χ0v) is 64.3. The molecular formula is C83H136O16P2. The van der Waals surface area contributed by atoms with Crippen LogP contribution in [0.4, 0.5) is 0 Å². The van der Waals surface area contributed by atoms with Gasteiger partial charge in [-0.3, -0.25) is 32.5 Å². The van der Waals surface area contributed by atoms with E-state index >= 15 is 0 Å². The van der Waals surface area contributed by atoms with E-state index in [1.165, 1.54) is 57.8 Å². The van der Waals surface area contributed by atoms with Gasteiger partial charge in [0.1, 0.15) is 25.4 Å². The minimum atomic E-state index is -4.95.